The highest BCUT2D eigenvalue weighted by Gasteiger charge is 2.19. The van der Waals surface area contributed by atoms with E-state index in [-0.39, 0.29) is 11.9 Å². The zero-order valence-corrected chi connectivity index (χ0v) is 25.4. The van der Waals surface area contributed by atoms with E-state index in [1.54, 1.807) is 25.4 Å². The number of hydrogen-bond donors (Lipinski definition) is 2. The van der Waals surface area contributed by atoms with Gasteiger partial charge in [-0.1, -0.05) is 31.7 Å². The summed E-state index contributed by atoms with van der Waals surface area (Å²) >= 11 is 0. The molecule has 0 aliphatic carbocycles. The first-order chi connectivity index (χ1) is 20.2. The van der Waals surface area contributed by atoms with Crippen LogP contribution in [0.1, 0.15) is 41.0 Å². The van der Waals surface area contributed by atoms with Crippen LogP contribution in [0.5, 0.6) is 5.75 Å². The maximum Gasteiger partial charge on any atom is 0.338 e. The third-order valence-corrected chi connectivity index (χ3v) is 6.75. The third kappa shape index (κ3) is 7.52. The lowest BCUT2D eigenvalue weighted by Gasteiger charge is -2.26. The fraction of sp³-hybridized carbons (Fsp3) is 0.312. The van der Waals surface area contributed by atoms with Crippen molar-refractivity contribution in [2.24, 2.45) is 0 Å². The number of amides is 1. The molecule has 1 amide bonds. The molecule has 10 nitrogen and oxygen atoms in total. The molecule has 2 aromatic carbocycles. The topological polar surface area (TPSA) is 109 Å². The molecule has 0 aliphatic heterocycles. The van der Waals surface area contributed by atoms with Crippen LogP contribution in [-0.4, -0.2) is 75.2 Å². The monoisotopic (exact) mass is 572 g/mol. The number of rotatable bonds is 13. The van der Waals surface area contributed by atoms with Gasteiger partial charge in [0.2, 0.25) is 11.9 Å². The second-order valence-corrected chi connectivity index (χ2v) is 9.76. The van der Waals surface area contributed by atoms with Crippen LogP contribution in [-0.2, 0) is 16.0 Å². The Morgan fingerprint density at radius 3 is 2.40 bits per heavy atom. The summed E-state index contributed by atoms with van der Waals surface area (Å²) in [6.45, 7) is 9.07. The summed E-state index contributed by atoms with van der Waals surface area (Å²) in [5.41, 5.74) is 5.77. The van der Waals surface area contributed by atoms with Crippen molar-refractivity contribution in [2.45, 2.75) is 20.3 Å². The standard InChI is InChI=1S/C32H40N6O4/c1-9-21-23(13-12-14-24(21)31(40)42-8)22(10-2)25-15-16-33-32(35-25)36-27-19-26(34-30(39)11-3)28(20-29(27)41-7)38(6)18-17-37(4)5/h10-16,19-20H,3,9,17-18H2,1-2,4-8H3,(H,34,39)(H,33,35,36)/b22-10+. The van der Waals surface area contributed by atoms with E-state index in [0.717, 1.165) is 35.5 Å². The quantitative estimate of drug-likeness (QED) is 0.212. The Bertz CT molecular complexity index is 1470. The third-order valence-electron chi connectivity index (χ3n) is 6.75. The number of nitrogens with zero attached hydrogens (tertiary/aromatic N) is 4. The van der Waals surface area contributed by atoms with Crippen molar-refractivity contribution in [1.82, 2.24) is 14.9 Å². The number of nitrogens with one attached hydrogen (secondary N) is 2. The number of anilines is 4. The summed E-state index contributed by atoms with van der Waals surface area (Å²) in [4.78, 5) is 38.1. The van der Waals surface area contributed by atoms with Crippen LogP contribution in [0.15, 0.2) is 61.3 Å². The van der Waals surface area contributed by atoms with Crippen molar-refractivity contribution < 1.29 is 19.1 Å². The smallest absolute Gasteiger partial charge is 0.338 e. The molecule has 3 aromatic rings. The Morgan fingerprint density at radius 2 is 1.79 bits per heavy atom. The van der Waals surface area contributed by atoms with E-state index in [9.17, 15) is 9.59 Å². The Kier molecular flexibility index (Phi) is 11.2. The van der Waals surface area contributed by atoms with Crippen LogP contribution in [0.25, 0.3) is 5.57 Å². The van der Waals surface area contributed by atoms with Crippen molar-refractivity contribution in [3.05, 3.63) is 83.7 Å². The van der Waals surface area contributed by atoms with E-state index in [1.807, 2.05) is 70.2 Å². The minimum Gasteiger partial charge on any atom is -0.494 e. The van der Waals surface area contributed by atoms with E-state index < -0.39 is 0 Å². The van der Waals surface area contributed by atoms with Gasteiger partial charge in [0.15, 0.2) is 0 Å². The number of hydrogen-bond acceptors (Lipinski definition) is 9. The predicted octanol–water partition coefficient (Wildman–Crippen LogP) is 5.15. The molecule has 0 bridgehead atoms. The molecule has 2 N–H and O–H groups in total. The zero-order valence-electron chi connectivity index (χ0n) is 25.4. The van der Waals surface area contributed by atoms with Gasteiger partial charge in [0, 0.05) is 38.0 Å². The van der Waals surface area contributed by atoms with Crippen LogP contribution >= 0.6 is 0 Å². The molecule has 222 valence electrons. The number of carbonyl (C=O) groups is 2. The molecule has 1 aromatic heterocycles. The van der Waals surface area contributed by atoms with Gasteiger partial charge in [-0.2, -0.15) is 0 Å². The minimum absolute atomic E-state index is 0.328. The maximum atomic E-state index is 12.4. The number of allylic oxidation sites excluding steroid dienone is 1. The molecule has 0 fully saturated rings. The summed E-state index contributed by atoms with van der Waals surface area (Å²) < 4.78 is 10.7. The van der Waals surface area contributed by atoms with Gasteiger partial charge >= 0.3 is 5.97 Å². The van der Waals surface area contributed by atoms with Gasteiger partial charge in [0.25, 0.3) is 0 Å². The molecule has 3 rings (SSSR count). The van der Waals surface area contributed by atoms with Gasteiger partial charge in [-0.3, -0.25) is 4.79 Å². The number of likely N-dealkylation sites (N-methyl/N-ethyl adjacent to an activating group) is 2. The second-order valence-electron chi connectivity index (χ2n) is 9.76. The highest BCUT2D eigenvalue weighted by atomic mass is 16.5. The Morgan fingerprint density at radius 1 is 1.05 bits per heavy atom. The van der Waals surface area contributed by atoms with Crippen molar-refractivity contribution in [3.63, 3.8) is 0 Å². The van der Waals surface area contributed by atoms with Crippen LogP contribution in [0.3, 0.4) is 0 Å². The number of esters is 1. The van der Waals surface area contributed by atoms with Crippen molar-refractivity contribution >= 4 is 40.5 Å². The molecule has 0 aliphatic rings. The fourth-order valence-corrected chi connectivity index (χ4v) is 4.56. The second kappa shape index (κ2) is 14.8. The number of ether oxygens (including phenoxy) is 2. The molecule has 10 heteroatoms. The summed E-state index contributed by atoms with van der Waals surface area (Å²) in [5.74, 6) is 0.182. The highest BCUT2D eigenvalue weighted by Crippen LogP contribution is 2.38. The zero-order chi connectivity index (χ0) is 30.8. The number of methoxy groups -OCH3 is 2. The van der Waals surface area contributed by atoms with Gasteiger partial charge in [0.1, 0.15) is 5.75 Å². The predicted molar refractivity (Wildman–Crippen MR) is 169 cm³/mol. The normalized spacial score (nSPS) is 11.2. The molecule has 0 saturated heterocycles. The van der Waals surface area contributed by atoms with E-state index in [1.165, 1.54) is 13.2 Å². The Labute approximate surface area is 248 Å². The van der Waals surface area contributed by atoms with E-state index in [0.29, 0.717) is 40.8 Å². The van der Waals surface area contributed by atoms with Crippen LogP contribution in [0, 0.1) is 0 Å². The van der Waals surface area contributed by atoms with Gasteiger partial charge in [0.05, 0.1) is 42.5 Å². The lowest BCUT2D eigenvalue weighted by molar-refractivity contribution is -0.111. The Hall–Kier alpha value is -4.70. The SMILES string of the molecule is C=CC(=O)Nc1cc(Nc2nccc(/C(=C/C)c3cccc(C(=O)OC)c3CC)n2)c(OC)cc1N(C)CCN(C)C. The molecule has 0 radical (unpaired) electrons. The van der Waals surface area contributed by atoms with Crippen LogP contribution in [0.2, 0.25) is 0 Å². The number of carbonyl (C=O) groups excluding carboxylic acids is 2. The molecule has 0 atom stereocenters. The molecular formula is C32H40N6O4. The van der Waals surface area contributed by atoms with Crippen LogP contribution in [0.4, 0.5) is 23.0 Å². The average molecular weight is 573 g/mol. The number of benzene rings is 2. The number of aromatic nitrogens is 2. The first-order valence-electron chi connectivity index (χ1n) is 13.7. The molecule has 42 heavy (non-hydrogen) atoms. The minimum atomic E-state index is -0.378. The van der Waals surface area contributed by atoms with Crippen LogP contribution < -0.4 is 20.3 Å². The van der Waals surface area contributed by atoms with E-state index in [2.05, 4.69) is 27.1 Å². The average Bonchev–Trinajstić information content (AvgIpc) is 2.99. The van der Waals surface area contributed by atoms with Crippen molar-refractivity contribution in [2.75, 3.05) is 64.0 Å². The largest absolute Gasteiger partial charge is 0.494 e. The molecule has 0 unspecified atom stereocenters. The molecular weight excluding hydrogens is 532 g/mol. The van der Waals surface area contributed by atoms with Crippen molar-refractivity contribution in [1.29, 1.82) is 0 Å². The summed E-state index contributed by atoms with van der Waals surface area (Å²) in [5, 5.41) is 6.16. The maximum absolute atomic E-state index is 12.4. The first kappa shape index (κ1) is 31.8. The molecule has 0 spiro atoms. The van der Waals surface area contributed by atoms with Gasteiger partial charge in [-0.25, -0.2) is 14.8 Å². The summed E-state index contributed by atoms with van der Waals surface area (Å²) in [7, 11) is 8.94. The van der Waals surface area contributed by atoms with E-state index >= 15 is 0 Å². The van der Waals surface area contributed by atoms with Gasteiger partial charge in [-0.05, 0) is 62.8 Å². The summed E-state index contributed by atoms with van der Waals surface area (Å²) in [6, 6.07) is 11.1. The van der Waals surface area contributed by atoms with Crippen molar-refractivity contribution in [3.8, 4) is 5.75 Å². The van der Waals surface area contributed by atoms with Gasteiger partial charge < -0.3 is 29.9 Å². The molecule has 0 saturated carbocycles. The summed E-state index contributed by atoms with van der Waals surface area (Å²) in [6.07, 6.45) is 5.50. The lowest BCUT2D eigenvalue weighted by Crippen LogP contribution is -2.29. The first-order valence-corrected chi connectivity index (χ1v) is 13.7. The lowest BCUT2D eigenvalue weighted by atomic mass is 9.92. The van der Waals surface area contributed by atoms with Gasteiger partial charge in [-0.15, -0.1) is 0 Å². The highest BCUT2D eigenvalue weighted by molar-refractivity contribution is 6.02. The fourth-order valence-electron chi connectivity index (χ4n) is 4.56. The Balaban J connectivity index is 2.04. The van der Waals surface area contributed by atoms with E-state index in [4.69, 9.17) is 14.5 Å². The molecule has 1 heterocycles.